The zero-order chi connectivity index (χ0) is 24.3. The normalized spacial score (nSPS) is 24.2. The Labute approximate surface area is 202 Å². The summed E-state index contributed by atoms with van der Waals surface area (Å²) >= 11 is 6.07. The van der Waals surface area contributed by atoms with Gasteiger partial charge < -0.3 is 19.3 Å². The molecule has 2 aliphatic heterocycles. The number of hydrogen-bond donors (Lipinski definition) is 0. The van der Waals surface area contributed by atoms with Gasteiger partial charge in [-0.1, -0.05) is 37.6 Å². The molecule has 184 valence electrons. The Morgan fingerprint density at radius 3 is 2.39 bits per heavy atom. The van der Waals surface area contributed by atoms with E-state index in [1.54, 1.807) is 7.11 Å². The number of nitrogens with zero attached hydrogens (tertiary/aromatic N) is 3. The highest BCUT2D eigenvalue weighted by Gasteiger charge is 2.47. The average molecular weight is 480 g/mol. The van der Waals surface area contributed by atoms with Gasteiger partial charge in [0.25, 0.3) is 0 Å². The van der Waals surface area contributed by atoms with Gasteiger partial charge in [0.2, 0.25) is 5.91 Å². The van der Waals surface area contributed by atoms with Crippen molar-refractivity contribution < 1.29 is 19.1 Å². The van der Waals surface area contributed by atoms with Crippen LogP contribution in [0, 0.1) is 5.92 Å². The molecule has 2 aliphatic rings. The van der Waals surface area contributed by atoms with Gasteiger partial charge in [-0.2, -0.15) is 0 Å². The maximum atomic E-state index is 13.5. The van der Waals surface area contributed by atoms with Gasteiger partial charge in [-0.05, 0) is 50.8 Å². The molecule has 2 fully saturated rings. The molecule has 0 bridgehead atoms. The van der Waals surface area contributed by atoms with Crippen LogP contribution in [0.4, 0.5) is 4.79 Å². The minimum absolute atomic E-state index is 0.0258. The minimum Gasteiger partial charge on any atom is -0.444 e. The van der Waals surface area contributed by atoms with Crippen LogP contribution in [0.5, 0.6) is 0 Å². The van der Waals surface area contributed by atoms with Crippen molar-refractivity contribution in [2.75, 3.05) is 39.9 Å². The van der Waals surface area contributed by atoms with Crippen molar-refractivity contribution >= 4 is 23.6 Å². The lowest BCUT2D eigenvalue weighted by molar-refractivity contribution is -0.151. The lowest BCUT2D eigenvalue weighted by atomic mass is 9.91. The molecule has 0 N–H and O–H groups in total. The number of halogens is 1. The summed E-state index contributed by atoms with van der Waals surface area (Å²) in [7, 11) is 1.64. The Morgan fingerprint density at radius 1 is 1.15 bits per heavy atom. The fourth-order valence-corrected chi connectivity index (χ4v) is 4.85. The van der Waals surface area contributed by atoms with Gasteiger partial charge >= 0.3 is 6.09 Å². The maximum Gasteiger partial charge on any atom is 0.410 e. The van der Waals surface area contributed by atoms with Crippen LogP contribution >= 0.6 is 11.6 Å². The number of amides is 2. The van der Waals surface area contributed by atoms with Gasteiger partial charge in [0.1, 0.15) is 5.60 Å². The highest BCUT2D eigenvalue weighted by atomic mass is 35.5. The van der Waals surface area contributed by atoms with Crippen LogP contribution in [0.2, 0.25) is 5.02 Å². The van der Waals surface area contributed by atoms with Crippen LogP contribution in [0.1, 0.15) is 40.2 Å². The molecule has 1 aromatic carbocycles. The van der Waals surface area contributed by atoms with E-state index < -0.39 is 5.60 Å². The molecule has 0 saturated carbocycles. The predicted octanol–water partition coefficient (Wildman–Crippen LogP) is 3.69. The molecule has 0 unspecified atom stereocenters. The van der Waals surface area contributed by atoms with E-state index in [9.17, 15) is 9.59 Å². The van der Waals surface area contributed by atoms with Crippen LogP contribution in [0.15, 0.2) is 24.3 Å². The van der Waals surface area contributed by atoms with E-state index in [1.165, 1.54) is 0 Å². The second-order valence-electron chi connectivity index (χ2n) is 10.4. The van der Waals surface area contributed by atoms with Crippen LogP contribution in [-0.2, 0) is 20.7 Å². The van der Waals surface area contributed by atoms with E-state index in [0.29, 0.717) is 44.2 Å². The predicted molar refractivity (Wildman–Crippen MR) is 129 cm³/mol. The summed E-state index contributed by atoms with van der Waals surface area (Å²) in [4.78, 5) is 32.7. The number of carbonyl (C=O) groups excluding carboxylic acids is 2. The molecule has 2 saturated heterocycles. The molecule has 0 spiro atoms. The molecule has 2 amide bonds. The highest BCUT2D eigenvalue weighted by molar-refractivity contribution is 6.30. The molecule has 7 nitrogen and oxygen atoms in total. The van der Waals surface area contributed by atoms with E-state index in [4.69, 9.17) is 21.1 Å². The van der Waals surface area contributed by atoms with E-state index in [1.807, 2.05) is 54.8 Å². The summed E-state index contributed by atoms with van der Waals surface area (Å²) in [5.41, 5.74) is 0.514. The van der Waals surface area contributed by atoms with Crippen LogP contribution in [0.3, 0.4) is 0 Å². The number of rotatable bonds is 6. The molecule has 0 aliphatic carbocycles. The van der Waals surface area contributed by atoms with Crippen molar-refractivity contribution in [3.05, 3.63) is 34.9 Å². The second kappa shape index (κ2) is 10.6. The Morgan fingerprint density at radius 2 is 1.82 bits per heavy atom. The molecule has 0 radical (unpaired) electrons. The monoisotopic (exact) mass is 479 g/mol. The van der Waals surface area contributed by atoms with Crippen LogP contribution in [0.25, 0.3) is 0 Å². The van der Waals surface area contributed by atoms with Gasteiger partial charge in [-0.3, -0.25) is 9.69 Å². The van der Waals surface area contributed by atoms with E-state index in [0.717, 1.165) is 5.56 Å². The van der Waals surface area contributed by atoms with Crippen molar-refractivity contribution in [1.29, 1.82) is 0 Å². The Kier molecular flexibility index (Phi) is 8.30. The first-order valence-electron chi connectivity index (χ1n) is 11.8. The minimum atomic E-state index is -0.556. The Balaban J connectivity index is 1.88. The first kappa shape index (κ1) is 25.8. The molecule has 1 aromatic rings. The molecular weight excluding hydrogens is 442 g/mol. The molecule has 2 heterocycles. The third-order valence-corrected chi connectivity index (χ3v) is 6.66. The number of fused-ring (bicyclic) bond motifs is 1. The molecule has 8 heteroatoms. The lowest BCUT2D eigenvalue weighted by Gasteiger charge is -2.54. The third kappa shape index (κ3) is 6.40. The van der Waals surface area contributed by atoms with Crippen LogP contribution < -0.4 is 0 Å². The summed E-state index contributed by atoms with van der Waals surface area (Å²) < 4.78 is 11.0. The largest absolute Gasteiger partial charge is 0.444 e. The van der Waals surface area contributed by atoms with Gasteiger partial charge in [0.05, 0.1) is 18.7 Å². The molecule has 0 aromatic heterocycles. The maximum absolute atomic E-state index is 13.5. The van der Waals surface area contributed by atoms with Crippen molar-refractivity contribution in [2.45, 2.75) is 64.8 Å². The standard InChI is InChI=1S/C25H38ClN3O4/c1-17(2)22-16-28-20(15-29(22)24(31)33-25(3,4)5)14-27(11-12-32-6)23(30)21(28)13-18-7-9-19(26)10-8-18/h7-10,17,20-22H,11-16H2,1-6H3/t20-,21-,22+/m0/s1. The zero-order valence-corrected chi connectivity index (χ0v) is 21.5. The summed E-state index contributed by atoms with van der Waals surface area (Å²) in [6, 6.07) is 7.42. The topological polar surface area (TPSA) is 62.3 Å². The number of methoxy groups -OCH3 is 1. The SMILES string of the molecule is COCCN1C[C@H]2CN(C(=O)OC(C)(C)C)[C@@H](C(C)C)CN2[C@@H](Cc2ccc(Cl)cc2)C1=O. The van der Waals surface area contributed by atoms with Crippen molar-refractivity contribution in [3.8, 4) is 0 Å². The summed E-state index contributed by atoms with van der Waals surface area (Å²) in [6.07, 6.45) is 0.322. The fourth-order valence-electron chi connectivity index (χ4n) is 4.72. The molecular formula is C25H38ClN3O4. The van der Waals surface area contributed by atoms with Crippen molar-refractivity contribution in [1.82, 2.24) is 14.7 Å². The summed E-state index contributed by atoms with van der Waals surface area (Å²) in [5.74, 6) is 0.350. The Hall–Kier alpha value is -1.83. The second-order valence-corrected chi connectivity index (χ2v) is 10.9. The fraction of sp³-hybridized carbons (Fsp3) is 0.680. The van der Waals surface area contributed by atoms with Gasteiger partial charge in [0, 0.05) is 44.4 Å². The number of benzene rings is 1. The first-order valence-corrected chi connectivity index (χ1v) is 12.2. The third-order valence-electron chi connectivity index (χ3n) is 6.41. The highest BCUT2D eigenvalue weighted by Crippen LogP contribution is 2.30. The average Bonchev–Trinajstić information content (AvgIpc) is 2.73. The van der Waals surface area contributed by atoms with Gasteiger partial charge in [-0.25, -0.2) is 4.79 Å². The molecule has 3 rings (SSSR count). The summed E-state index contributed by atoms with van der Waals surface area (Å²) in [6.45, 7) is 12.7. The summed E-state index contributed by atoms with van der Waals surface area (Å²) in [5, 5.41) is 0.680. The van der Waals surface area contributed by atoms with E-state index >= 15 is 0 Å². The Bertz CT molecular complexity index is 824. The van der Waals surface area contributed by atoms with E-state index in [2.05, 4.69) is 18.7 Å². The van der Waals surface area contributed by atoms with Gasteiger partial charge in [-0.15, -0.1) is 0 Å². The smallest absolute Gasteiger partial charge is 0.410 e. The van der Waals surface area contributed by atoms with Crippen molar-refractivity contribution in [3.63, 3.8) is 0 Å². The number of carbonyl (C=O) groups is 2. The van der Waals surface area contributed by atoms with E-state index in [-0.39, 0.29) is 36.0 Å². The quantitative estimate of drug-likeness (QED) is 0.622. The molecule has 3 atom stereocenters. The van der Waals surface area contributed by atoms with Crippen LogP contribution in [-0.4, -0.2) is 90.3 Å². The zero-order valence-electron chi connectivity index (χ0n) is 20.7. The number of ether oxygens (including phenoxy) is 2. The van der Waals surface area contributed by atoms with Gasteiger partial charge in [0.15, 0.2) is 0 Å². The lowest BCUT2D eigenvalue weighted by Crippen LogP contribution is -2.72. The number of hydrogen-bond acceptors (Lipinski definition) is 5. The number of piperazine rings is 2. The molecule has 33 heavy (non-hydrogen) atoms. The first-order chi connectivity index (χ1) is 15.5. The van der Waals surface area contributed by atoms with Crippen molar-refractivity contribution in [2.24, 2.45) is 5.92 Å².